The Morgan fingerprint density at radius 3 is 1.65 bits per heavy atom. The number of ether oxygens (including phenoxy) is 5. The highest BCUT2D eigenvalue weighted by Crippen LogP contribution is 2.36. The zero-order valence-electron chi connectivity index (χ0n) is 17.8. The van der Waals surface area contributed by atoms with Crippen molar-refractivity contribution in [2.24, 2.45) is 0 Å². The van der Waals surface area contributed by atoms with Crippen LogP contribution in [0.3, 0.4) is 0 Å². The molecule has 0 unspecified atom stereocenters. The second-order valence-electron chi connectivity index (χ2n) is 8.41. The lowest BCUT2D eigenvalue weighted by atomic mass is 9.98. The molecule has 34 heavy (non-hydrogen) atoms. The molecule has 3 aliphatic heterocycles. The average molecular weight is 504 g/mol. The fourth-order valence-corrected chi connectivity index (χ4v) is 4.01. The van der Waals surface area contributed by atoms with Gasteiger partial charge < -0.3 is 79.9 Å². The molecule has 0 aromatic carbocycles. The Labute approximate surface area is 192 Å². The summed E-state index contributed by atoms with van der Waals surface area (Å²) in [5, 5.41) is 109. The van der Waals surface area contributed by atoms with Crippen LogP contribution in [-0.2, 0) is 23.7 Å². The average Bonchev–Trinajstić information content (AvgIpc) is 3.08. The van der Waals surface area contributed by atoms with Crippen molar-refractivity contribution in [2.45, 2.75) is 85.5 Å². The molecule has 16 nitrogen and oxygen atoms in total. The van der Waals surface area contributed by atoms with Crippen LogP contribution in [0.25, 0.3) is 0 Å². The molecule has 0 aromatic heterocycles. The van der Waals surface area contributed by atoms with Crippen LogP contribution in [0.2, 0.25) is 0 Å². The second-order valence-corrected chi connectivity index (χ2v) is 8.41. The fraction of sp³-hybridized carbons (Fsp3) is 1.00. The van der Waals surface area contributed by atoms with Crippen molar-refractivity contribution in [1.82, 2.24) is 0 Å². The van der Waals surface area contributed by atoms with Gasteiger partial charge in [-0.15, -0.1) is 0 Å². The number of hydrogen-bond acceptors (Lipinski definition) is 16. The summed E-state index contributed by atoms with van der Waals surface area (Å²) >= 11 is 0. The highest BCUT2D eigenvalue weighted by Gasteiger charge is 2.58. The zero-order chi connectivity index (χ0) is 25.4. The Kier molecular flexibility index (Phi) is 9.18. The Balaban J connectivity index is 1.69. The van der Waals surface area contributed by atoms with E-state index in [1.165, 1.54) is 0 Å². The van der Waals surface area contributed by atoms with Crippen molar-refractivity contribution in [3.63, 3.8) is 0 Å². The first-order valence-electron chi connectivity index (χ1n) is 10.6. The molecule has 0 bridgehead atoms. The molecule has 3 rings (SSSR count). The number of hydrogen-bond donors (Lipinski definition) is 11. The van der Waals surface area contributed by atoms with Crippen molar-refractivity contribution in [1.29, 1.82) is 0 Å². The molecule has 3 saturated heterocycles. The maximum atomic E-state index is 10.3. The topological polar surface area (TPSA) is 269 Å². The van der Waals surface area contributed by atoms with Crippen LogP contribution in [0.1, 0.15) is 0 Å². The highest BCUT2D eigenvalue weighted by molar-refractivity contribution is 4.98. The number of aliphatic hydroxyl groups excluding tert-OH is 11. The lowest BCUT2D eigenvalue weighted by molar-refractivity contribution is -0.388. The van der Waals surface area contributed by atoms with Gasteiger partial charge in [-0.1, -0.05) is 0 Å². The first kappa shape index (κ1) is 27.9. The molecule has 0 aliphatic carbocycles. The molecule has 14 atom stereocenters. The van der Waals surface area contributed by atoms with Crippen LogP contribution in [0.5, 0.6) is 0 Å². The van der Waals surface area contributed by atoms with Gasteiger partial charge in [0.05, 0.1) is 19.8 Å². The smallest absolute Gasteiger partial charge is 0.224 e. The molecule has 11 N–H and O–H groups in total. The summed E-state index contributed by atoms with van der Waals surface area (Å²) in [6, 6.07) is 0. The SMILES string of the molecule is OC[C@@H]1O[C@H](OC[C@@H]2O[C@H](O[C@]3(CO)O[C@H](CO)[C@@H](O)[C@@H]3O)[C@@H](O)[C@@H](O)[C@@H]2O)[C@@H](O)[C@@H](O)[C@H]1O. The normalized spacial score (nSPS) is 52.1. The monoisotopic (exact) mass is 504 g/mol. The molecular formula is C18H32O16. The van der Waals surface area contributed by atoms with Gasteiger partial charge in [-0.25, -0.2) is 0 Å². The molecule has 0 amide bonds. The largest absolute Gasteiger partial charge is 0.394 e. The predicted molar refractivity (Wildman–Crippen MR) is 101 cm³/mol. The van der Waals surface area contributed by atoms with E-state index in [0.717, 1.165) is 0 Å². The Morgan fingerprint density at radius 1 is 0.588 bits per heavy atom. The maximum Gasteiger partial charge on any atom is 0.224 e. The Morgan fingerprint density at radius 2 is 1.12 bits per heavy atom. The van der Waals surface area contributed by atoms with E-state index < -0.39 is 112 Å². The summed E-state index contributed by atoms with van der Waals surface area (Å²) in [4.78, 5) is 0. The van der Waals surface area contributed by atoms with Crippen molar-refractivity contribution < 1.29 is 79.9 Å². The summed E-state index contributed by atoms with van der Waals surface area (Å²) in [5.41, 5.74) is 0. The molecule has 200 valence electrons. The molecule has 3 heterocycles. The van der Waals surface area contributed by atoms with Crippen LogP contribution >= 0.6 is 0 Å². The molecule has 16 heteroatoms. The minimum absolute atomic E-state index is 0.634. The zero-order valence-corrected chi connectivity index (χ0v) is 17.8. The van der Waals surface area contributed by atoms with E-state index in [1.807, 2.05) is 0 Å². The van der Waals surface area contributed by atoms with Gasteiger partial charge in [-0.3, -0.25) is 0 Å². The van der Waals surface area contributed by atoms with Crippen molar-refractivity contribution in [3.8, 4) is 0 Å². The van der Waals surface area contributed by atoms with Crippen LogP contribution in [0.15, 0.2) is 0 Å². The molecule has 3 fully saturated rings. The van der Waals surface area contributed by atoms with Gasteiger partial charge in [0.25, 0.3) is 0 Å². The van der Waals surface area contributed by atoms with Crippen LogP contribution < -0.4 is 0 Å². The maximum absolute atomic E-state index is 10.3. The summed E-state index contributed by atoms with van der Waals surface area (Å²) in [7, 11) is 0. The van der Waals surface area contributed by atoms with E-state index in [2.05, 4.69) is 0 Å². The molecule has 0 radical (unpaired) electrons. The van der Waals surface area contributed by atoms with Crippen molar-refractivity contribution in [2.75, 3.05) is 26.4 Å². The fourth-order valence-electron chi connectivity index (χ4n) is 4.01. The molecular weight excluding hydrogens is 472 g/mol. The predicted octanol–water partition coefficient (Wildman–Crippen LogP) is -7.57. The van der Waals surface area contributed by atoms with Gasteiger partial charge in [0.15, 0.2) is 12.6 Å². The third kappa shape index (κ3) is 5.09. The lowest BCUT2D eigenvalue weighted by Gasteiger charge is -2.44. The van der Waals surface area contributed by atoms with Crippen LogP contribution in [0, 0.1) is 0 Å². The molecule has 0 spiro atoms. The quantitative estimate of drug-likeness (QED) is 0.146. The molecule has 0 saturated carbocycles. The van der Waals surface area contributed by atoms with Crippen LogP contribution in [0.4, 0.5) is 0 Å². The van der Waals surface area contributed by atoms with Crippen LogP contribution in [-0.4, -0.2) is 168 Å². The second kappa shape index (κ2) is 11.2. The lowest BCUT2D eigenvalue weighted by Crippen LogP contribution is -2.63. The van der Waals surface area contributed by atoms with Crippen molar-refractivity contribution >= 4 is 0 Å². The molecule has 3 aliphatic rings. The van der Waals surface area contributed by atoms with E-state index in [-0.39, 0.29) is 0 Å². The van der Waals surface area contributed by atoms with Gasteiger partial charge in [0, 0.05) is 0 Å². The minimum atomic E-state index is -2.36. The Hall–Kier alpha value is -0.640. The van der Waals surface area contributed by atoms with E-state index in [4.69, 9.17) is 23.7 Å². The third-order valence-electron chi connectivity index (χ3n) is 6.16. The van der Waals surface area contributed by atoms with E-state index in [1.54, 1.807) is 0 Å². The van der Waals surface area contributed by atoms with Gasteiger partial charge >= 0.3 is 0 Å². The summed E-state index contributed by atoms with van der Waals surface area (Å²) in [5.74, 6) is -2.36. The third-order valence-corrected chi connectivity index (χ3v) is 6.16. The Bertz CT molecular complexity index is 653. The standard InChI is InChI=1S/C18H32O16/c19-1-5-8(22)11(25)13(27)16(31-5)30-3-7-9(23)12(26)14(28)17(32-7)34-18(4-21)15(29)10(24)6(2-20)33-18/h5-17,19-29H,1-4H2/t5-,6+,7-,8-,9+,10+,11-,12-,13-,14-,15-,16-,17+,18-/m0/s1. The number of rotatable bonds is 8. The summed E-state index contributed by atoms with van der Waals surface area (Å²) in [6.45, 7) is -3.14. The number of aliphatic hydroxyl groups is 11. The van der Waals surface area contributed by atoms with Gasteiger partial charge in [-0.05, 0) is 0 Å². The highest BCUT2D eigenvalue weighted by atomic mass is 16.8. The molecule has 0 aromatic rings. The minimum Gasteiger partial charge on any atom is -0.394 e. The summed E-state index contributed by atoms with van der Waals surface area (Å²) in [6.07, 6.45) is -21.8. The van der Waals surface area contributed by atoms with E-state index >= 15 is 0 Å². The van der Waals surface area contributed by atoms with E-state index in [9.17, 15) is 56.2 Å². The van der Waals surface area contributed by atoms with Gasteiger partial charge in [-0.2, -0.15) is 0 Å². The first-order valence-corrected chi connectivity index (χ1v) is 10.6. The van der Waals surface area contributed by atoms with Gasteiger partial charge in [0.2, 0.25) is 5.79 Å². The van der Waals surface area contributed by atoms with E-state index in [0.29, 0.717) is 0 Å². The summed E-state index contributed by atoms with van der Waals surface area (Å²) < 4.78 is 26.4. The van der Waals surface area contributed by atoms with Gasteiger partial charge in [0.1, 0.15) is 73.8 Å². The first-order chi connectivity index (χ1) is 16.0. The van der Waals surface area contributed by atoms with Crippen molar-refractivity contribution in [3.05, 3.63) is 0 Å².